The SMILES string of the molecule is O=C(c1cnccn1)N1CCC(n2nccn2)CC1. The van der Waals surface area contributed by atoms with Crippen LogP contribution in [0, 0.1) is 0 Å². The zero-order valence-electron chi connectivity index (χ0n) is 10.4. The number of carbonyl (C=O) groups is 1. The molecule has 19 heavy (non-hydrogen) atoms. The van der Waals surface area contributed by atoms with Gasteiger partial charge >= 0.3 is 0 Å². The molecule has 3 rings (SSSR count). The minimum Gasteiger partial charge on any atom is -0.337 e. The number of aromatic nitrogens is 5. The largest absolute Gasteiger partial charge is 0.337 e. The molecule has 1 saturated heterocycles. The molecule has 1 aliphatic heterocycles. The maximum atomic E-state index is 12.2. The summed E-state index contributed by atoms with van der Waals surface area (Å²) < 4.78 is 0. The van der Waals surface area contributed by atoms with E-state index in [0.29, 0.717) is 18.8 Å². The third-order valence-corrected chi connectivity index (χ3v) is 3.30. The van der Waals surface area contributed by atoms with Crippen molar-refractivity contribution in [1.82, 2.24) is 29.9 Å². The van der Waals surface area contributed by atoms with Crippen LogP contribution < -0.4 is 0 Å². The highest BCUT2D eigenvalue weighted by molar-refractivity contribution is 5.91. The molecule has 0 spiro atoms. The fourth-order valence-corrected chi connectivity index (χ4v) is 2.29. The number of amides is 1. The highest BCUT2D eigenvalue weighted by Gasteiger charge is 2.25. The first kappa shape index (κ1) is 11.8. The van der Waals surface area contributed by atoms with E-state index in [0.717, 1.165) is 12.8 Å². The normalized spacial score (nSPS) is 16.5. The second kappa shape index (κ2) is 5.13. The van der Waals surface area contributed by atoms with Gasteiger partial charge in [0.05, 0.1) is 24.6 Å². The number of hydrogen-bond acceptors (Lipinski definition) is 5. The van der Waals surface area contributed by atoms with Crippen LogP contribution in [0.2, 0.25) is 0 Å². The maximum absolute atomic E-state index is 12.2. The zero-order chi connectivity index (χ0) is 13.1. The summed E-state index contributed by atoms with van der Waals surface area (Å²) in [5.74, 6) is -0.0556. The van der Waals surface area contributed by atoms with E-state index in [4.69, 9.17) is 0 Å². The van der Waals surface area contributed by atoms with Crippen molar-refractivity contribution in [3.63, 3.8) is 0 Å². The summed E-state index contributed by atoms with van der Waals surface area (Å²) in [5, 5.41) is 8.30. The molecule has 1 fully saturated rings. The third kappa shape index (κ3) is 2.44. The Morgan fingerprint density at radius 1 is 1.11 bits per heavy atom. The van der Waals surface area contributed by atoms with Gasteiger partial charge in [-0.15, -0.1) is 0 Å². The number of carbonyl (C=O) groups excluding carboxylic acids is 1. The van der Waals surface area contributed by atoms with E-state index in [1.54, 1.807) is 23.4 Å². The third-order valence-electron chi connectivity index (χ3n) is 3.30. The van der Waals surface area contributed by atoms with Crippen LogP contribution in [0.5, 0.6) is 0 Å². The molecule has 0 aliphatic carbocycles. The van der Waals surface area contributed by atoms with E-state index >= 15 is 0 Å². The van der Waals surface area contributed by atoms with Gasteiger partial charge in [0.15, 0.2) is 0 Å². The first-order chi connectivity index (χ1) is 9.34. The van der Waals surface area contributed by atoms with Crippen molar-refractivity contribution in [2.24, 2.45) is 0 Å². The lowest BCUT2D eigenvalue weighted by Gasteiger charge is -2.31. The Balaban J connectivity index is 1.63. The zero-order valence-corrected chi connectivity index (χ0v) is 10.4. The molecule has 0 aromatic carbocycles. The molecule has 0 unspecified atom stereocenters. The summed E-state index contributed by atoms with van der Waals surface area (Å²) in [7, 11) is 0. The minimum atomic E-state index is -0.0556. The molecule has 7 nitrogen and oxygen atoms in total. The molecule has 2 aromatic rings. The number of hydrogen-bond donors (Lipinski definition) is 0. The monoisotopic (exact) mass is 258 g/mol. The molecule has 0 atom stereocenters. The lowest BCUT2D eigenvalue weighted by molar-refractivity contribution is 0.0677. The van der Waals surface area contributed by atoms with Crippen LogP contribution in [0.15, 0.2) is 31.0 Å². The lowest BCUT2D eigenvalue weighted by Crippen LogP contribution is -2.39. The molecule has 0 N–H and O–H groups in total. The first-order valence-electron chi connectivity index (χ1n) is 6.25. The second-order valence-corrected chi connectivity index (χ2v) is 4.46. The van der Waals surface area contributed by atoms with Gasteiger partial charge in [-0.1, -0.05) is 0 Å². The van der Waals surface area contributed by atoms with Crippen LogP contribution in [0.4, 0.5) is 0 Å². The molecular formula is C12H14N6O. The molecule has 2 aromatic heterocycles. The highest BCUT2D eigenvalue weighted by Crippen LogP contribution is 2.21. The Labute approximate surface area is 110 Å². The Kier molecular flexibility index (Phi) is 3.18. The van der Waals surface area contributed by atoms with Crippen LogP contribution in [-0.2, 0) is 0 Å². The van der Waals surface area contributed by atoms with Gasteiger partial charge in [0.1, 0.15) is 5.69 Å². The summed E-state index contributed by atoms with van der Waals surface area (Å²) in [6.45, 7) is 1.39. The van der Waals surface area contributed by atoms with Crippen molar-refractivity contribution in [3.8, 4) is 0 Å². The summed E-state index contributed by atoms with van der Waals surface area (Å²) in [4.78, 5) is 23.7. The molecule has 7 heteroatoms. The van der Waals surface area contributed by atoms with Crippen molar-refractivity contribution in [2.45, 2.75) is 18.9 Å². The Hall–Kier alpha value is -2.31. The number of piperidine rings is 1. The van der Waals surface area contributed by atoms with Crippen LogP contribution in [0.1, 0.15) is 29.4 Å². The number of rotatable bonds is 2. The molecule has 98 valence electrons. The predicted octanol–water partition coefficient (Wildman–Crippen LogP) is 0.545. The predicted molar refractivity (Wildman–Crippen MR) is 66.2 cm³/mol. The highest BCUT2D eigenvalue weighted by atomic mass is 16.2. The van der Waals surface area contributed by atoms with Gasteiger partial charge in [0.2, 0.25) is 0 Å². The van der Waals surface area contributed by atoms with Gasteiger partial charge in [-0.05, 0) is 12.8 Å². The fraction of sp³-hybridized carbons (Fsp3) is 0.417. The average molecular weight is 258 g/mol. The van der Waals surface area contributed by atoms with E-state index in [9.17, 15) is 4.79 Å². The number of nitrogens with zero attached hydrogens (tertiary/aromatic N) is 6. The summed E-state index contributed by atoms with van der Waals surface area (Å²) in [5.41, 5.74) is 0.401. The molecular weight excluding hydrogens is 244 g/mol. The van der Waals surface area contributed by atoms with Crippen molar-refractivity contribution in [2.75, 3.05) is 13.1 Å². The molecule has 1 aliphatic rings. The van der Waals surface area contributed by atoms with Crippen molar-refractivity contribution in [3.05, 3.63) is 36.7 Å². The minimum absolute atomic E-state index is 0.0556. The smallest absolute Gasteiger partial charge is 0.274 e. The molecule has 0 saturated carbocycles. The Morgan fingerprint density at radius 2 is 1.84 bits per heavy atom. The summed E-state index contributed by atoms with van der Waals surface area (Å²) in [6, 6.07) is 0.279. The Bertz CT molecular complexity index is 533. The standard InChI is InChI=1S/C12H14N6O/c19-12(11-9-13-3-4-14-11)17-7-1-10(2-8-17)18-15-5-6-16-18/h3-6,9-10H,1-2,7-8H2. The number of likely N-dealkylation sites (tertiary alicyclic amines) is 1. The van der Waals surface area contributed by atoms with Crippen LogP contribution in [0.3, 0.4) is 0 Å². The van der Waals surface area contributed by atoms with Crippen molar-refractivity contribution in [1.29, 1.82) is 0 Å². The quantitative estimate of drug-likeness (QED) is 0.786. The Morgan fingerprint density at radius 3 is 2.47 bits per heavy atom. The van der Waals surface area contributed by atoms with Crippen LogP contribution in [0.25, 0.3) is 0 Å². The van der Waals surface area contributed by atoms with E-state index in [1.807, 2.05) is 4.90 Å². The van der Waals surface area contributed by atoms with Gasteiger partial charge in [-0.25, -0.2) is 4.98 Å². The van der Waals surface area contributed by atoms with Crippen LogP contribution in [-0.4, -0.2) is 48.9 Å². The van der Waals surface area contributed by atoms with Crippen molar-refractivity contribution < 1.29 is 4.79 Å². The molecule has 1 amide bonds. The molecule has 0 bridgehead atoms. The topological polar surface area (TPSA) is 76.8 Å². The van der Waals surface area contributed by atoms with E-state index in [2.05, 4.69) is 20.2 Å². The average Bonchev–Trinajstić information content (AvgIpc) is 3.02. The lowest BCUT2D eigenvalue weighted by atomic mass is 10.1. The van der Waals surface area contributed by atoms with Gasteiger partial charge in [0, 0.05) is 25.5 Å². The van der Waals surface area contributed by atoms with Gasteiger partial charge in [-0.2, -0.15) is 15.0 Å². The van der Waals surface area contributed by atoms with Gasteiger partial charge in [-0.3, -0.25) is 9.78 Å². The van der Waals surface area contributed by atoms with Crippen LogP contribution >= 0.6 is 0 Å². The fourth-order valence-electron chi connectivity index (χ4n) is 2.29. The summed E-state index contributed by atoms with van der Waals surface area (Å²) in [6.07, 6.45) is 9.68. The maximum Gasteiger partial charge on any atom is 0.274 e. The first-order valence-corrected chi connectivity index (χ1v) is 6.25. The van der Waals surface area contributed by atoms with E-state index in [1.165, 1.54) is 12.4 Å². The van der Waals surface area contributed by atoms with Crippen molar-refractivity contribution >= 4 is 5.91 Å². The second-order valence-electron chi connectivity index (χ2n) is 4.46. The van der Waals surface area contributed by atoms with Gasteiger partial charge in [0.25, 0.3) is 5.91 Å². The molecule has 0 radical (unpaired) electrons. The van der Waals surface area contributed by atoms with E-state index < -0.39 is 0 Å². The molecule has 3 heterocycles. The summed E-state index contributed by atoms with van der Waals surface area (Å²) >= 11 is 0. The van der Waals surface area contributed by atoms with E-state index in [-0.39, 0.29) is 11.9 Å². The van der Waals surface area contributed by atoms with Gasteiger partial charge < -0.3 is 4.90 Å².